The zero-order valence-electron chi connectivity index (χ0n) is 20.8. The molecule has 7 rings (SSSR count). The molecule has 2 atom stereocenters. The number of halogens is 2. The zero-order valence-corrected chi connectivity index (χ0v) is 22.3. The van der Waals surface area contributed by atoms with Gasteiger partial charge in [0.05, 0.1) is 11.4 Å². The van der Waals surface area contributed by atoms with E-state index in [1.54, 1.807) is 24.3 Å². The van der Waals surface area contributed by atoms with Crippen molar-refractivity contribution < 1.29 is 10.2 Å². The van der Waals surface area contributed by atoms with E-state index in [4.69, 9.17) is 23.2 Å². The fourth-order valence-electron chi connectivity index (χ4n) is 6.46. The SMILES string of the molecule is Cn1c([C@@]2(O)c3cccc(Cl)c3[C@@](O)(c3cc4ccccc4n3C)c3cccc(Cl)c32)cc2ccccc21. The Labute approximate surface area is 229 Å². The number of hydrogen-bond donors (Lipinski definition) is 2. The van der Waals surface area contributed by atoms with Crippen LogP contribution in [-0.2, 0) is 25.3 Å². The van der Waals surface area contributed by atoms with E-state index in [2.05, 4.69) is 0 Å². The van der Waals surface area contributed by atoms with Gasteiger partial charge in [-0.15, -0.1) is 0 Å². The first-order valence-electron chi connectivity index (χ1n) is 12.4. The summed E-state index contributed by atoms with van der Waals surface area (Å²) in [6.45, 7) is 0. The second-order valence-electron chi connectivity index (χ2n) is 10.0. The number of aliphatic hydroxyl groups is 2. The summed E-state index contributed by atoms with van der Waals surface area (Å²) in [5.41, 5.74) is 1.71. The van der Waals surface area contributed by atoms with Gasteiger partial charge in [0, 0.05) is 57.4 Å². The third-order valence-corrected chi connectivity index (χ3v) is 8.81. The first-order valence-corrected chi connectivity index (χ1v) is 13.2. The van der Waals surface area contributed by atoms with E-state index in [-0.39, 0.29) is 0 Å². The van der Waals surface area contributed by atoms with Crippen LogP contribution in [0.15, 0.2) is 97.1 Å². The van der Waals surface area contributed by atoms with Gasteiger partial charge in [0.1, 0.15) is 0 Å². The van der Waals surface area contributed by atoms with Gasteiger partial charge < -0.3 is 19.3 Å². The van der Waals surface area contributed by atoms with Crippen LogP contribution in [0.4, 0.5) is 0 Å². The Bertz CT molecular complexity index is 1780. The number of para-hydroxylation sites is 2. The lowest BCUT2D eigenvalue weighted by Gasteiger charge is -2.45. The van der Waals surface area contributed by atoms with Gasteiger partial charge in [-0.05, 0) is 47.2 Å². The molecular weight excluding hydrogens is 515 g/mol. The third-order valence-electron chi connectivity index (χ3n) is 8.18. The molecule has 0 fully saturated rings. The van der Waals surface area contributed by atoms with Gasteiger partial charge >= 0.3 is 0 Å². The van der Waals surface area contributed by atoms with Crippen LogP contribution in [-0.4, -0.2) is 19.3 Å². The minimum Gasteiger partial charge on any atom is -0.374 e. The topological polar surface area (TPSA) is 50.3 Å². The van der Waals surface area contributed by atoms with Crippen molar-refractivity contribution >= 4 is 45.0 Å². The van der Waals surface area contributed by atoms with E-state index in [0.29, 0.717) is 43.7 Å². The van der Waals surface area contributed by atoms with Crippen LogP contribution in [0.2, 0.25) is 10.0 Å². The molecule has 2 aromatic heterocycles. The maximum atomic E-state index is 12.9. The Balaban J connectivity index is 1.66. The Morgan fingerprint density at radius 1 is 0.553 bits per heavy atom. The number of hydrogen-bond acceptors (Lipinski definition) is 2. The molecule has 1 aliphatic rings. The lowest BCUT2D eigenvalue weighted by atomic mass is 9.65. The lowest BCUT2D eigenvalue weighted by molar-refractivity contribution is 0.0676. The number of rotatable bonds is 2. The van der Waals surface area contributed by atoms with E-state index < -0.39 is 11.2 Å². The third kappa shape index (κ3) is 2.83. The maximum Gasteiger partial charge on any atom is 0.157 e. The molecule has 2 N–H and O–H groups in total. The van der Waals surface area contributed by atoms with Crippen LogP contribution >= 0.6 is 23.2 Å². The van der Waals surface area contributed by atoms with Crippen molar-refractivity contribution in [2.75, 3.05) is 0 Å². The van der Waals surface area contributed by atoms with Crippen molar-refractivity contribution in [1.82, 2.24) is 9.13 Å². The average Bonchev–Trinajstić information content (AvgIpc) is 3.45. The number of aromatic nitrogens is 2. The molecule has 38 heavy (non-hydrogen) atoms. The van der Waals surface area contributed by atoms with E-state index in [1.165, 1.54) is 0 Å². The van der Waals surface area contributed by atoms with Gasteiger partial charge in [-0.1, -0.05) is 83.9 Å². The second kappa shape index (κ2) is 7.98. The van der Waals surface area contributed by atoms with Gasteiger partial charge in [0.25, 0.3) is 0 Å². The highest BCUT2D eigenvalue weighted by Gasteiger charge is 2.54. The van der Waals surface area contributed by atoms with Crippen molar-refractivity contribution in [3.05, 3.63) is 141 Å². The fourth-order valence-corrected chi connectivity index (χ4v) is 7.08. The maximum absolute atomic E-state index is 12.9. The highest BCUT2D eigenvalue weighted by Crippen LogP contribution is 2.57. The smallest absolute Gasteiger partial charge is 0.157 e. The lowest BCUT2D eigenvalue weighted by Crippen LogP contribution is -2.46. The normalized spacial score (nSPS) is 20.6. The molecule has 0 spiro atoms. The highest BCUT2D eigenvalue weighted by atomic mass is 35.5. The molecule has 0 radical (unpaired) electrons. The van der Waals surface area contributed by atoms with Crippen molar-refractivity contribution in [2.45, 2.75) is 11.2 Å². The van der Waals surface area contributed by atoms with E-state index in [9.17, 15) is 10.2 Å². The van der Waals surface area contributed by atoms with Crippen LogP contribution in [0.5, 0.6) is 0 Å². The van der Waals surface area contributed by atoms with Gasteiger partial charge in [0.15, 0.2) is 11.2 Å². The average molecular weight is 539 g/mol. The number of nitrogens with zero attached hydrogens (tertiary/aromatic N) is 2. The van der Waals surface area contributed by atoms with Crippen LogP contribution in [0.25, 0.3) is 21.8 Å². The summed E-state index contributed by atoms with van der Waals surface area (Å²) in [7, 11) is 3.86. The van der Waals surface area contributed by atoms with Crippen LogP contribution < -0.4 is 0 Å². The van der Waals surface area contributed by atoms with Crippen molar-refractivity contribution in [3.63, 3.8) is 0 Å². The van der Waals surface area contributed by atoms with Gasteiger partial charge in [0.2, 0.25) is 0 Å². The second-order valence-corrected chi connectivity index (χ2v) is 10.9. The summed E-state index contributed by atoms with van der Waals surface area (Å²) in [5, 5.41) is 28.6. The monoisotopic (exact) mass is 538 g/mol. The largest absolute Gasteiger partial charge is 0.374 e. The van der Waals surface area contributed by atoms with Crippen molar-refractivity contribution in [3.8, 4) is 0 Å². The first kappa shape index (κ1) is 23.6. The summed E-state index contributed by atoms with van der Waals surface area (Å²) in [4.78, 5) is 0. The number of aryl methyl sites for hydroxylation is 2. The molecule has 2 heterocycles. The summed E-state index contributed by atoms with van der Waals surface area (Å²) < 4.78 is 3.96. The van der Waals surface area contributed by atoms with Gasteiger partial charge in [-0.2, -0.15) is 0 Å². The fraction of sp³-hybridized carbons (Fsp3) is 0.125. The molecule has 0 aliphatic heterocycles. The van der Waals surface area contributed by atoms with E-state index in [0.717, 1.165) is 21.8 Å². The molecule has 0 unspecified atom stereocenters. The molecule has 0 saturated heterocycles. The Morgan fingerprint density at radius 2 is 0.947 bits per heavy atom. The summed E-state index contributed by atoms with van der Waals surface area (Å²) >= 11 is 13.9. The Hall–Kier alpha value is -3.54. The molecule has 188 valence electrons. The first-order chi connectivity index (χ1) is 18.3. The molecular formula is C32H24Cl2N2O2. The summed E-state index contributed by atoms with van der Waals surface area (Å²) in [5.74, 6) is 0. The van der Waals surface area contributed by atoms with Crippen LogP contribution in [0.3, 0.4) is 0 Å². The zero-order chi connectivity index (χ0) is 26.4. The Kier molecular flexibility index (Phi) is 4.95. The molecule has 0 saturated carbocycles. The highest BCUT2D eigenvalue weighted by molar-refractivity contribution is 6.32. The number of benzene rings is 4. The van der Waals surface area contributed by atoms with Gasteiger partial charge in [-0.3, -0.25) is 0 Å². The molecule has 6 aromatic rings. The molecule has 4 aromatic carbocycles. The van der Waals surface area contributed by atoms with Crippen molar-refractivity contribution in [1.29, 1.82) is 0 Å². The summed E-state index contributed by atoms with van der Waals surface area (Å²) in [6, 6.07) is 30.7. The molecule has 4 nitrogen and oxygen atoms in total. The molecule has 1 aliphatic carbocycles. The van der Waals surface area contributed by atoms with Crippen molar-refractivity contribution in [2.24, 2.45) is 14.1 Å². The molecule has 0 bridgehead atoms. The van der Waals surface area contributed by atoms with Crippen LogP contribution in [0, 0.1) is 0 Å². The predicted octanol–water partition coefficient (Wildman–Crippen LogP) is 6.86. The van der Waals surface area contributed by atoms with Crippen LogP contribution in [0.1, 0.15) is 33.6 Å². The van der Waals surface area contributed by atoms with Gasteiger partial charge in [-0.25, -0.2) is 0 Å². The Morgan fingerprint density at radius 3 is 1.34 bits per heavy atom. The predicted molar refractivity (Wildman–Crippen MR) is 153 cm³/mol. The van der Waals surface area contributed by atoms with E-state index in [1.807, 2.05) is 96.0 Å². The minimum atomic E-state index is -1.68. The molecule has 6 heteroatoms. The molecule has 0 amide bonds. The summed E-state index contributed by atoms with van der Waals surface area (Å²) in [6.07, 6.45) is 0. The standard InChI is InChI=1S/C32H24Cl2N2O2/c1-35-25-15-5-3-9-19(25)17-27(35)31(37)21-11-7-14-24(34)30(21)32(38,22-12-8-13-23(33)29(22)31)28-18-20-10-4-6-16-26(20)36(28)2/h3-18,37-38H,1-2H3/t31-,32-/m0/s1. The quantitative estimate of drug-likeness (QED) is 0.253. The van der Waals surface area contributed by atoms with E-state index >= 15 is 0 Å². The number of fused-ring (bicyclic) bond motifs is 4. The minimum absolute atomic E-state index is 0.359.